The van der Waals surface area contributed by atoms with Crippen molar-refractivity contribution in [2.45, 2.75) is 13.3 Å². The van der Waals surface area contributed by atoms with Gasteiger partial charge in [-0.05, 0) is 18.6 Å². The summed E-state index contributed by atoms with van der Waals surface area (Å²) in [5.74, 6) is 2.09. The first-order valence-electron chi connectivity index (χ1n) is 10.6. The van der Waals surface area contributed by atoms with Crippen molar-refractivity contribution in [3.05, 3.63) is 59.5 Å². The Morgan fingerprint density at radius 3 is 2.66 bits per heavy atom. The van der Waals surface area contributed by atoms with Crippen LogP contribution in [0.25, 0.3) is 12.2 Å². The third-order valence-corrected chi connectivity index (χ3v) is 5.04. The Balaban J connectivity index is 1.47. The van der Waals surface area contributed by atoms with Crippen molar-refractivity contribution in [1.29, 1.82) is 0 Å². The molecule has 32 heavy (non-hydrogen) atoms. The first kappa shape index (κ1) is 21.7. The standard InChI is InChI=1S/C23H27N7O2/c1-17-2-4-18(5-3-17)6-7-19-25-21(27-20-8-10-24-29-20)16-22(26-19)28-23(31)9-11-30-12-14-32-15-13-30/h2-8,10,16H,9,11-15H2,1H3,(H3,24,25,26,27,28,29,31). The van der Waals surface area contributed by atoms with Crippen LogP contribution in [0.3, 0.4) is 0 Å². The summed E-state index contributed by atoms with van der Waals surface area (Å²) in [6, 6.07) is 11.7. The molecule has 0 bridgehead atoms. The lowest BCUT2D eigenvalue weighted by molar-refractivity contribution is -0.116. The van der Waals surface area contributed by atoms with Crippen LogP contribution in [-0.4, -0.2) is 63.8 Å². The highest BCUT2D eigenvalue weighted by molar-refractivity contribution is 5.90. The molecule has 0 atom stereocenters. The number of aromatic nitrogens is 4. The van der Waals surface area contributed by atoms with Crippen molar-refractivity contribution in [2.24, 2.45) is 0 Å². The zero-order chi connectivity index (χ0) is 22.2. The lowest BCUT2D eigenvalue weighted by Crippen LogP contribution is -2.38. The van der Waals surface area contributed by atoms with Gasteiger partial charge < -0.3 is 15.4 Å². The summed E-state index contributed by atoms with van der Waals surface area (Å²) in [6.07, 6.45) is 5.81. The largest absolute Gasteiger partial charge is 0.379 e. The molecule has 166 valence electrons. The number of aryl methyl sites for hydroxylation is 1. The Bertz CT molecular complexity index is 1040. The van der Waals surface area contributed by atoms with Gasteiger partial charge in [-0.2, -0.15) is 5.10 Å². The maximum Gasteiger partial charge on any atom is 0.226 e. The molecule has 0 radical (unpaired) electrons. The number of nitrogens with zero attached hydrogens (tertiary/aromatic N) is 4. The number of rotatable bonds is 8. The quantitative estimate of drug-likeness (QED) is 0.501. The van der Waals surface area contributed by atoms with E-state index in [1.165, 1.54) is 5.56 Å². The minimum absolute atomic E-state index is 0.0869. The van der Waals surface area contributed by atoms with Gasteiger partial charge in [0.2, 0.25) is 5.91 Å². The molecule has 9 nitrogen and oxygen atoms in total. The molecule has 1 amide bonds. The van der Waals surface area contributed by atoms with Crippen molar-refractivity contribution in [1.82, 2.24) is 25.1 Å². The maximum atomic E-state index is 12.5. The SMILES string of the molecule is Cc1ccc(C=Cc2nc(NC(=O)CCN3CCOCC3)cc(Nc3ccn[nH]3)n2)cc1. The average molecular weight is 434 g/mol. The number of ether oxygens (including phenoxy) is 1. The Labute approximate surface area is 186 Å². The zero-order valence-electron chi connectivity index (χ0n) is 18.0. The fraction of sp³-hybridized carbons (Fsp3) is 0.304. The van der Waals surface area contributed by atoms with Gasteiger partial charge >= 0.3 is 0 Å². The number of H-pyrrole nitrogens is 1. The highest BCUT2D eigenvalue weighted by atomic mass is 16.5. The fourth-order valence-corrected chi connectivity index (χ4v) is 3.27. The molecule has 1 aliphatic heterocycles. The van der Waals surface area contributed by atoms with Crippen molar-refractivity contribution < 1.29 is 9.53 Å². The van der Waals surface area contributed by atoms with E-state index < -0.39 is 0 Å². The van der Waals surface area contributed by atoms with Gasteiger partial charge in [-0.3, -0.25) is 14.8 Å². The van der Waals surface area contributed by atoms with Gasteiger partial charge in [-0.25, -0.2) is 9.97 Å². The number of hydrogen-bond acceptors (Lipinski definition) is 7. The van der Waals surface area contributed by atoms with E-state index >= 15 is 0 Å². The molecule has 0 spiro atoms. The second-order valence-corrected chi connectivity index (χ2v) is 7.59. The number of aromatic amines is 1. The van der Waals surface area contributed by atoms with E-state index in [-0.39, 0.29) is 5.91 Å². The van der Waals surface area contributed by atoms with E-state index in [2.05, 4.69) is 54.8 Å². The van der Waals surface area contributed by atoms with E-state index in [9.17, 15) is 4.79 Å². The number of carbonyl (C=O) groups excluding carboxylic acids is 1. The second-order valence-electron chi connectivity index (χ2n) is 7.59. The lowest BCUT2D eigenvalue weighted by atomic mass is 10.1. The zero-order valence-corrected chi connectivity index (χ0v) is 18.0. The third kappa shape index (κ3) is 6.47. The van der Waals surface area contributed by atoms with Gasteiger partial charge in [0.05, 0.1) is 19.4 Å². The van der Waals surface area contributed by atoms with Crippen LogP contribution in [0.5, 0.6) is 0 Å². The van der Waals surface area contributed by atoms with Gasteiger partial charge in [-0.15, -0.1) is 0 Å². The predicted octanol–water partition coefficient (Wildman–Crippen LogP) is 3.08. The molecule has 1 saturated heterocycles. The number of carbonyl (C=O) groups is 1. The minimum Gasteiger partial charge on any atom is -0.379 e. The molecule has 0 saturated carbocycles. The van der Waals surface area contributed by atoms with E-state index in [4.69, 9.17) is 4.74 Å². The van der Waals surface area contributed by atoms with Gasteiger partial charge in [-0.1, -0.05) is 35.9 Å². The highest BCUT2D eigenvalue weighted by Gasteiger charge is 2.13. The Hall–Kier alpha value is -3.56. The Kier molecular flexibility index (Phi) is 7.21. The van der Waals surface area contributed by atoms with Crippen LogP contribution in [0, 0.1) is 6.92 Å². The lowest BCUT2D eigenvalue weighted by Gasteiger charge is -2.26. The van der Waals surface area contributed by atoms with Gasteiger partial charge in [0.15, 0.2) is 5.82 Å². The van der Waals surface area contributed by atoms with Crippen LogP contribution < -0.4 is 10.6 Å². The average Bonchev–Trinajstić information content (AvgIpc) is 3.31. The molecule has 2 aromatic heterocycles. The predicted molar refractivity (Wildman–Crippen MR) is 125 cm³/mol. The minimum atomic E-state index is -0.0869. The van der Waals surface area contributed by atoms with Crippen LogP contribution in [0.1, 0.15) is 23.4 Å². The van der Waals surface area contributed by atoms with Crippen molar-refractivity contribution >= 4 is 35.5 Å². The molecular weight excluding hydrogens is 406 g/mol. The third-order valence-electron chi connectivity index (χ3n) is 5.04. The van der Waals surface area contributed by atoms with Gasteiger partial charge in [0, 0.05) is 38.2 Å². The number of hydrogen-bond donors (Lipinski definition) is 3. The van der Waals surface area contributed by atoms with E-state index in [0.29, 0.717) is 49.5 Å². The van der Waals surface area contributed by atoms with Crippen LogP contribution >= 0.6 is 0 Å². The van der Waals surface area contributed by atoms with E-state index in [0.717, 1.165) is 18.7 Å². The second kappa shape index (κ2) is 10.7. The van der Waals surface area contributed by atoms with Crippen LogP contribution in [0.15, 0.2) is 42.6 Å². The number of benzene rings is 1. The number of amides is 1. The van der Waals surface area contributed by atoms with Crippen molar-refractivity contribution in [2.75, 3.05) is 43.5 Å². The first-order chi connectivity index (χ1) is 15.6. The normalized spacial score (nSPS) is 14.5. The maximum absolute atomic E-state index is 12.5. The van der Waals surface area contributed by atoms with Crippen LogP contribution in [0.4, 0.5) is 17.5 Å². The van der Waals surface area contributed by atoms with Crippen LogP contribution in [0.2, 0.25) is 0 Å². The summed E-state index contributed by atoms with van der Waals surface area (Å²) in [4.78, 5) is 23.8. The molecule has 3 heterocycles. The number of morpholine rings is 1. The topological polar surface area (TPSA) is 108 Å². The number of nitrogens with one attached hydrogen (secondary N) is 3. The molecule has 0 unspecified atom stereocenters. The molecule has 4 rings (SSSR count). The molecule has 0 aliphatic carbocycles. The molecule has 3 N–H and O–H groups in total. The van der Waals surface area contributed by atoms with E-state index in [1.54, 1.807) is 18.3 Å². The molecule has 1 aliphatic rings. The first-order valence-corrected chi connectivity index (χ1v) is 10.6. The summed E-state index contributed by atoms with van der Waals surface area (Å²) in [5.41, 5.74) is 2.24. The Morgan fingerprint density at radius 2 is 1.91 bits per heavy atom. The molecule has 1 fully saturated rings. The summed E-state index contributed by atoms with van der Waals surface area (Å²) >= 11 is 0. The summed E-state index contributed by atoms with van der Waals surface area (Å²) in [6.45, 7) is 5.88. The van der Waals surface area contributed by atoms with Gasteiger partial charge in [0.25, 0.3) is 0 Å². The highest BCUT2D eigenvalue weighted by Crippen LogP contribution is 2.17. The van der Waals surface area contributed by atoms with Crippen molar-refractivity contribution in [3.63, 3.8) is 0 Å². The molecule has 9 heteroatoms. The van der Waals surface area contributed by atoms with Gasteiger partial charge in [0.1, 0.15) is 17.5 Å². The fourth-order valence-electron chi connectivity index (χ4n) is 3.27. The molecular formula is C23H27N7O2. The summed E-state index contributed by atoms with van der Waals surface area (Å²) in [5, 5.41) is 12.8. The molecule has 1 aromatic carbocycles. The number of anilines is 3. The van der Waals surface area contributed by atoms with Crippen LogP contribution in [-0.2, 0) is 9.53 Å². The Morgan fingerprint density at radius 1 is 1.12 bits per heavy atom. The molecule has 3 aromatic rings. The van der Waals surface area contributed by atoms with Crippen molar-refractivity contribution in [3.8, 4) is 0 Å². The summed E-state index contributed by atoms with van der Waals surface area (Å²) < 4.78 is 5.35. The smallest absolute Gasteiger partial charge is 0.226 e. The summed E-state index contributed by atoms with van der Waals surface area (Å²) in [7, 11) is 0. The monoisotopic (exact) mass is 433 g/mol. The van der Waals surface area contributed by atoms with E-state index in [1.807, 2.05) is 24.3 Å².